The minimum atomic E-state index is -0.578. The largest absolute Gasteiger partial charge is 0.392 e. The average molecular weight is 479 g/mol. The van der Waals surface area contributed by atoms with E-state index in [-0.39, 0.29) is 17.0 Å². The van der Waals surface area contributed by atoms with E-state index in [2.05, 4.69) is 23.7 Å². The van der Waals surface area contributed by atoms with Crippen LogP contribution in [-0.2, 0) is 37.8 Å². The molecule has 1 aromatic carbocycles. The summed E-state index contributed by atoms with van der Waals surface area (Å²) in [5, 5.41) is 12.7. The average Bonchev–Trinajstić information content (AvgIpc) is 3.29. The maximum atomic E-state index is 14.9. The van der Waals surface area contributed by atoms with Gasteiger partial charge in [0.2, 0.25) is 6.41 Å². The van der Waals surface area contributed by atoms with Crippen molar-refractivity contribution in [1.29, 1.82) is 0 Å². The van der Waals surface area contributed by atoms with E-state index >= 15 is 0 Å². The van der Waals surface area contributed by atoms with Gasteiger partial charge in [-0.1, -0.05) is 13.8 Å². The summed E-state index contributed by atoms with van der Waals surface area (Å²) in [6.07, 6.45) is 3.42. The highest BCUT2D eigenvalue weighted by Crippen LogP contribution is 2.39. The first-order valence-corrected chi connectivity index (χ1v) is 11.5. The van der Waals surface area contributed by atoms with Gasteiger partial charge in [-0.25, -0.2) is 4.39 Å². The Balaban J connectivity index is 1.60. The number of aryl methyl sites for hydroxylation is 1. The van der Waals surface area contributed by atoms with E-state index in [0.29, 0.717) is 47.3 Å². The molecule has 182 valence electrons. The summed E-state index contributed by atoms with van der Waals surface area (Å²) in [4.78, 5) is 38.3. The van der Waals surface area contributed by atoms with Crippen molar-refractivity contribution in [3.8, 4) is 11.1 Å². The number of carbonyl (C=O) groups excluding carboxylic acids is 2. The molecule has 9 heteroatoms. The third-order valence-corrected chi connectivity index (χ3v) is 6.94. The quantitative estimate of drug-likeness (QED) is 0.551. The number of aliphatic hydroxyl groups excluding tert-OH is 1. The zero-order chi connectivity index (χ0) is 25.1. The van der Waals surface area contributed by atoms with Crippen molar-refractivity contribution in [2.75, 3.05) is 16.8 Å². The van der Waals surface area contributed by atoms with E-state index in [1.165, 1.54) is 40.9 Å². The van der Waals surface area contributed by atoms with Crippen molar-refractivity contribution in [1.82, 2.24) is 9.13 Å². The number of hydrogen-bond donors (Lipinski definition) is 2. The van der Waals surface area contributed by atoms with Crippen molar-refractivity contribution in [2.45, 2.75) is 39.8 Å². The Morgan fingerprint density at radius 1 is 1.17 bits per heavy atom. The molecule has 0 atom stereocenters. The Labute approximate surface area is 201 Å². The molecule has 0 bridgehead atoms. The third kappa shape index (κ3) is 3.76. The predicted octanol–water partition coefficient (Wildman–Crippen LogP) is 2.84. The molecule has 4 heterocycles. The van der Waals surface area contributed by atoms with Crippen LogP contribution in [0, 0.1) is 11.2 Å². The number of nitrogens with zero attached hydrogens (tertiary/aromatic N) is 3. The predicted molar refractivity (Wildman–Crippen MR) is 130 cm³/mol. The second kappa shape index (κ2) is 8.20. The Kier molecular flexibility index (Phi) is 5.40. The van der Waals surface area contributed by atoms with Gasteiger partial charge in [0.15, 0.2) is 0 Å². The van der Waals surface area contributed by atoms with Gasteiger partial charge in [-0.3, -0.25) is 14.4 Å². The molecule has 0 fully saturated rings. The topological polar surface area (TPSA) is 96.6 Å². The fourth-order valence-corrected chi connectivity index (χ4v) is 5.43. The lowest BCUT2D eigenvalue weighted by molar-refractivity contribution is -0.105. The van der Waals surface area contributed by atoms with Crippen LogP contribution in [0.3, 0.4) is 0 Å². The Morgan fingerprint density at radius 3 is 2.66 bits per heavy atom. The van der Waals surface area contributed by atoms with Crippen LogP contribution in [0.1, 0.15) is 41.2 Å². The van der Waals surface area contributed by atoms with Gasteiger partial charge in [-0.2, -0.15) is 0 Å². The first-order valence-electron chi connectivity index (χ1n) is 11.5. The Hall–Kier alpha value is -3.72. The van der Waals surface area contributed by atoms with E-state index in [0.717, 1.165) is 24.4 Å². The standard InChI is InChI=1S/C26H27FN4O4/c1-26(2)10-17-9-19-22(31(17)13-26)4-5-30(24(19)34)23-8-16(27)7-18(20(23)12-32)15-6-21(28-14-33)25(35)29(3)11-15/h6-9,11,14,32H,4-5,10,12-13H2,1-3H3,(H,28,33). The summed E-state index contributed by atoms with van der Waals surface area (Å²) >= 11 is 0. The van der Waals surface area contributed by atoms with Gasteiger partial charge in [0.1, 0.15) is 11.5 Å². The number of amides is 2. The van der Waals surface area contributed by atoms with Crippen molar-refractivity contribution >= 4 is 23.7 Å². The van der Waals surface area contributed by atoms with Crippen molar-refractivity contribution in [2.24, 2.45) is 12.5 Å². The van der Waals surface area contributed by atoms with Crippen molar-refractivity contribution in [3.05, 3.63) is 69.1 Å². The van der Waals surface area contributed by atoms with Crippen molar-refractivity contribution in [3.63, 3.8) is 0 Å². The molecule has 0 unspecified atom stereocenters. The van der Waals surface area contributed by atoms with Crippen LogP contribution in [0.4, 0.5) is 15.8 Å². The zero-order valence-electron chi connectivity index (χ0n) is 19.9. The number of aliphatic hydroxyl groups is 1. The fourth-order valence-electron chi connectivity index (χ4n) is 5.43. The Morgan fingerprint density at radius 2 is 1.94 bits per heavy atom. The second-order valence-electron chi connectivity index (χ2n) is 10.1. The maximum Gasteiger partial charge on any atom is 0.274 e. The summed E-state index contributed by atoms with van der Waals surface area (Å²) < 4.78 is 18.4. The third-order valence-electron chi connectivity index (χ3n) is 6.94. The number of aromatic nitrogens is 2. The van der Waals surface area contributed by atoms with E-state index in [1.54, 1.807) is 0 Å². The molecule has 0 radical (unpaired) electrons. The number of nitrogens with one attached hydrogen (secondary N) is 1. The lowest BCUT2D eigenvalue weighted by atomic mass is 9.90. The fraction of sp³-hybridized carbons (Fsp3) is 0.346. The molecule has 2 aliphatic rings. The minimum Gasteiger partial charge on any atom is -0.392 e. The van der Waals surface area contributed by atoms with Crippen LogP contribution in [0.15, 0.2) is 35.3 Å². The van der Waals surface area contributed by atoms with Gasteiger partial charge < -0.3 is 24.5 Å². The summed E-state index contributed by atoms with van der Waals surface area (Å²) in [5.41, 5.74) is 3.95. The number of pyridine rings is 1. The van der Waals surface area contributed by atoms with Crippen LogP contribution < -0.4 is 15.8 Å². The van der Waals surface area contributed by atoms with Crippen LogP contribution >= 0.6 is 0 Å². The number of benzene rings is 1. The maximum absolute atomic E-state index is 14.9. The number of halogens is 1. The van der Waals surface area contributed by atoms with Crippen LogP contribution in [-0.4, -0.2) is 33.1 Å². The lowest BCUT2D eigenvalue weighted by Gasteiger charge is -2.31. The molecular weight excluding hydrogens is 451 g/mol. The zero-order valence-corrected chi connectivity index (χ0v) is 19.9. The van der Waals surface area contributed by atoms with Crippen molar-refractivity contribution < 1.29 is 19.1 Å². The molecule has 0 saturated carbocycles. The van der Waals surface area contributed by atoms with Gasteiger partial charge in [0, 0.05) is 55.3 Å². The number of rotatable bonds is 5. The van der Waals surface area contributed by atoms with Crippen LogP contribution in [0.2, 0.25) is 0 Å². The highest BCUT2D eigenvalue weighted by Gasteiger charge is 2.37. The summed E-state index contributed by atoms with van der Waals surface area (Å²) in [6.45, 7) is 5.19. The summed E-state index contributed by atoms with van der Waals surface area (Å²) in [7, 11) is 1.52. The molecule has 3 aromatic rings. The smallest absolute Gasteiger partial charge is 0.274 e. The molecule has 0 aliphatic carbocycles. The Bertz CT molecular complexity index is 1440. The van der Waals surface area contributed by atoms with Gasteiger partial charge in [-0.15, -0.1) is 0 Å². The number of anilines is 2. The molecule has 2 N–H and O–H groups in total. The van der Waals surface area contributed by atoms with Gasteiger partial charge in [-0.05, 0) is 41.7 Å². The SMILES string of the molecule is Cn1cc(-c2cc(F)cc(N3CCc4c(cc5n4CC(C)(C)C5)C3=O)c2CO)cc(NC=O)c1=O. The number of carbonyl (C=O) groups is 2. The second-order valence-corrected chi connectivity index (χ2v) is 10.1. The molecule has 0 spiro atoms. The van der Waals surface area contributed by atoms with Gasteiger partial charge in [0.25, 0.3) is 11.5 Å². The first kappa shape index (κ1) is 23.0. The van der Waals surface area contributed by atoms with E-state index in [1.807, 2.05) is 6.07 Å². The number of hydrogen-bond acceptors (Lipinski definition) is 4. The van der Waals surface area contributed by atoms with Crippen LogP contribution in [0.25, 0.3) is 11.1 Å². The first-order chi connectivity index (χ1) is 16.6. The normalized spacial score (nSPS) is 16.3. The summed E-state index contributed by atoms with van der Waals surface area (Å²) in [6, 6.07) is 5.90. The molecular formula is C26H27FN4O4. The van der Waals surface area contributed by atoms with E-state index < -0.39 is 18.0 Å². The monoisotopic (exact) mass is 478 g/mol. The van der Waals surface area contributed by atoms with Gasteiger partial charge >= 0.3 is 0 Å². The number of fused-ring (bicyclic) bond motifs is 3. The minimum absolute atomic E-state index is 0.0274. The van der Waals surface area contributed by atoms with E-state index in [4.69, 9.17) is 0 Å². The van der Waals surface area contributed by atoms with E-state index in [9.17, 15) is 23.9 Å². The lowest BCUT2D eigenvalue weighted by Crippen LogP contribution is -2.39. The van der Waals surface area contributed by atoms with Crippen LogP contribution in [0.5, 0.6) is 0 Å². The molecule has 5 rings (SSSR count). The molecule has 35 heavy (non-hydrogen) atoms. The molecule has 0 saturated heterocycles. The highest BCUT2D eigenvalue weighted by atomic mass is 19.1. The van der Waals surface area contributed by atoms with Gasteiger partial charge in [0.05, 0.1) is 17.9 Å². The molecule has 2 aliphatic heterocycles. The highest BCUT2D eigenvalue weighted by molar-refractivity contribution is 6.09. The molecule has 8 nitrogen and oxygen atoms in total. The molecule has 2 amide bonds. The molecule has 2 aromatic heterocycles. The summed E-state index contributed by atoms with van der Waals surface area (Å²) in [5.74, 6) is -0.799.